The fraction of sp³-hybridized carbons (Fsp3) is 1.00. The highest BCUT2D eigenvalue weighted by atomic mass is 127. The van der Waals surface area contributed by atoms with E-state index in [1.165, 1.54) is 4.90 Å². The molecule has 0 aromatic carbocycles. The van der Waals surface area contributed by atoms with E-state index in [9.17, 15) is 13.2 Å². The van der Waals surface area contributed by atoms with Crippen molar-refractivity contribution in [3.8, 4) is 0 Å². The molecule has 0 aliphatic carbocycles. The van der Waals surface area contributed by atoms with E-state index in [-0.39, 0.29) is 4.11 Å². The van der Waals surface area contributed by atoms with Crippen LogP contribution in [0.15, 0.2) is 0 Å². The van der Waals surface area contributed by atoms with Crippen LogP contribution in [0.2, 0.25) is 0 Å². The Bertz CT molecular complexity index is 152. The predicted molar refractivity (Wildman–Crippen MR) is 46.3 cm³/mol. The summed E-state index contributed by atoms with van der Waals surface area (Å²) in [4.78, 5) is 1.36. The Kier molecular flexibility index (Phi) is 3.59. The second kappa shape index (κ2) is 4.10. The Balaban J connectivity index is 2.32. The first kappa shape index (κ1) is 10.5. The molecule has 1 fully saturated rings. The molecule has 1 aliphatic rings. The van der Waals surface area contributed by atoms with E-state index in [1.54, 1.807) is 0 Å². The minimum atomic E-state index is -4.09. The summed E-state index contributed by atoms with van der Waals surface area (Å²) >= 11 is 1.99. The summed E-state index contributed by atoms with van der Waals surface area (Å²) in [7, 11) is 0. The van der Waals surface area contributed by atoms with Crippen molar-refractivity contribution in [2.24, 2.45) is 0 Å². The molecule has 0 amide bonds. The van der Waals surface area contributed by atoms with Crippen molar-refractivity contribution in [1.82, 2.24) is 4.90 Å². The molecular formula is C6H9F3INO. The van der Waals surface area contributed by atoms with Crippen LogP contribution in [-0.4, -0.2) is 41.4 Å². The summed E-state index contributed by atoms with van der Waals surface area (Å²) in [5.74, 6) is 0. The molecule has 6 heteroatoms. The zero-order valence-corrected chi connectivity index (χ0v) is 8.43. The van der Waals surface area contributed by atoms with Crippen LogP contribution in [0.1, 0.15) is 0 Å². The Morgan fingerprint density at radius 2 is 2.17 bits per heavy atom. The standard InChI is InChI=1S/C6H9F3INO/c7-6(8,9)4-11-1-2-12-5(10)3-11/h5H,1-4H2. The fourth-order valence-electron chi connectivity index (χ4n) is 1.05. The molecule has 2 nitrogen and oxygen atoms in total. The number of halogens is 4. The second-order valence-corrected chi connectivity index (χ2v) is 4.02. The van der Waals surface area contributed by atoms with E-state index in [1.807, 2.05) is 22.6 Å². The van der Waals surface area contributed by atoms with Crippen molar-refractivity contribution in [3.05, 3.63) is 0 Å². The van der Waals surface area contributed by atoms with Gasteiger partial charge in [-0.3, -0.25) is 4.90 Å². The lowest BCUT2D eigenvalue weighted by molar-refractivity contribution is -0.154. The van der Waals surface area contributed by atoms with Gasteiger partial charge in [0.25, 0.3) is 0 Å². The second-order valence-electron chi connectivity index (χ2n) is 2.63. The first-order chi connectivity index (χ1) is 5.47. The van der Waals surface area contributed by atoms with E-state index in [0.29, 0.717) is 19.7 Å². The van der Waals surface area contributed by atoms with Gasteiger partial charge in [0.1, 0.15) is 4.11 Å². The van der Waals surface area contributed by atoms with Gasteiger partial charge in [-0.2, -0.15) is 13.2 Å². The smallest absolute Gasteiger partial charge is 0.365 e. The number of ether oxygens (including phenoxy) is 1. The maximum absolute atomic E-state index is 11.9. The van der Waals surface area contributed by atoms with E-state index in [0.717, 1.165) is 0 Å². The molecule has 0 bridgehead atoms. The van der Waals surface area contributed by atoms with Crippen LogP contribution >= 0.6 is 22.6 Å². The van der Waals surface area contributed by atoms with E-state index in [2.05, 4.69) is 0 Å². The van der Waals surface area contributed by atoms with Crippen LogP contribution in [0.25, 0.3) is 0 Å². The van der Waals surface area contributed by atoms with Crippen molar-refractivity contribution in [3.63, 3.8) is 0 Å². The quantitative estimate of drug-likeness (QED) is 0.539. The minimum absolute atomic E-state index is 0.112. The number of nitrogens with zero attached hydrogens (tertiary/aromatic N) is 1. The first-order valence-corrected chi connectivity index (χ1v) is 4.77. The van der Waals surface area contributed by atoms with E-state index >= 15 is 0 Å². The maximum Gasteiger partial charge on any atom is 0.401 e. The number of rotatable bonds is 1. The van der Waals surface area contributed by atoms with Gasteiger partial charge in [-0.1, -0.05) is 0 Å². The number of alkyl halides is 4. The molecule has 1 unspecified atom stereocenters. The van der Waals surface area contributed by atoms with Gasteiger partial charge in [-0.25, -0.2) is 0 Å². The molecule has 1 atom stereocenters. The zero-order chi connectivity index (χ0) is 9.19. The van der Waals surface area contributed by atoms with Crippen LogP contribution < -0.4 is 0 Å². The summed E-state index contributed by atoms with van der Waals surface area (Å²) in [6.07, 6.45) is -4.09. The molecule has 0 radical (unpaired) electrons. The van der Waals surface area contributed by atoms with Gasteiger partial charge >= 0.3 is 6.18 Å². The average molecular weight is 295 g/mol. The Labute approximate surface area is 82.2 Å². The van der Waals surface area contributed by atoms with Gasteiger partial charge in [0.05, 0.1) is 13.2 Å². The van der Waals surface area contributed by atoms with Crippen LogP contribution in [0.3, 0.4) is 0 Å². The fourth-order valence-corrected chi connectivity index (χ4v) is 1.87. The van der Waals surface area contributed by atoms with Gasteiger partial charge in [0.15, 0.2) is 0 Å². The Morgan fingerprint density at radius 1 is 1.50 bits per heavy atom. The SMILES string of the molecule is FC(F)(F)CN1CCOC(I)C1. The summed E-state index contributed by atoms with van der Waals surface area (Å²) in [6.45, 7) is 0.304. The van der Waals surface area contributed by atoms with E-state index in [4.69, 9.17) is 4.74 Å². The molecule has 1 aliphatic heterocycles. The molecule has 1 heterocycles. The van der Waals surface area contributed by atoms with Gasteiger partial charge in [0, 0.05) is 13.1 Å². The normalized spacial score (nSPS) is 27.5. The Morgan fingerprint density at radius 3 is 2.67 bits per heavy atom. The average Bonchev–Trinajstić information content (AvgIpc) is 1.82. The molecule has 12 heavy (non-hydrogen) atoms. The molecule has 0 saturated carbocycles. The third kappa shape index (κ3) is 3.90. The summed E-state index contributed by atoms with van der Waals surface area (Å²) in [5, 5.41) is 0. The van der Waals surface area contributed by atoms with Gasteiger partial charge in [-0.15, -0.1) is 0 Å². The zero-order valence-electron chi connectivity index (χ0n) is 6.27. The van der Waals surface area contributed by atoms with E-state index < -0.39 is 12.7 Å². The minimum Gasteiger partial charge on any atom is -0.365 e. The molecule has 0 N–H and O–H groups in total. The summed E-state index contributed by atoms with van der Waals surface area (Å²) < 4.78 is 40.6. The highest BCUT2D eigenvalue weighted by Crippen LogP contribution is 2.19. The first-order valence-electron chi connectivity index (χ1n) is 3.52. The van der Waals surface area contributed by atoms with Crippen molar-refractivity contribution in [2.75, 3.05) is 26.2 Å². The molecule has 0 aromatic rings. The van der Waals surface area contributed by atoms with Crippen molar-refractivity contribution < 1.29 is 17.9 Å². The van der Waals surface area contributed by atoms with Crippen molar-refractivity contribution in [2.45, 2.75) is 10.3 Å². The van der Waals surface area contributed by atoms with Gasteiger partial charge < -0.3 is 4.74 Å². The lowest BCUT2D eigenvalue weighted by Gasteiger charge is -2.30. The van der Waals surface area contributed by atoms with Crippen LogP contribution in [-0.2, 0) is 4.74 Å². The third-order valence-corrected chi connectivity index (χ3v) is 2.26. The third-order valence-electron chi connectivity index (χ3n) is 1.51. The van der Waals surface area contributed by atoms with Gasteiger partial charge in [0.2, 0.25) is 0 Å². The highest BCUT2D eigenvalue weighted by Gasteiger charge is 2.32. The predicted octanol–water partition coefficient (Wildman–Crippen LogP) is 1.64. The number of hydrogen-bond donors (Lipinski definition) is 0. The monoisotopic (exact) mass is 295 g/mol. The largest absolute Gasteiger partial charge is 0.401 e. The number of morpholine rings is 1. The van der Waals surface area contributed by atoms with Crippen molar-refractivity contribution in [1.29, 1.82) is 0 Å². The number of hydrogen-bond acceptors (Lipinski definition) is 2. The summed E-state index contributed by atoms with van der Waals surface area (Å²) in [6, 6.07) is 0. The molecule has 0 spiro atoms. The van der Waals surface area contributed by atoms with Crippen LogP contribution in [0, 0.1) is 0 Å². The van der Waals surface area contributed by atoms with Crippen molar-refractivity contribution >= 4 is 22.6 Å². The Hall–Kier alpha value is 0.440. The molecular weight excluding hydrogens is 286 g/mol. The molecule has 1 saturated heterocycles. The maximum atomic E-state index is 11.9. The molecule has 0 aromatic heterocycles. The topological polar surface area (TPSA) is 12.5 Å². The van der Waals surface area contributed by atoms with Crippen LogP contribution in [0.4, 0.5) is 13.2 Å². The van der Waals surface area contributed by atoms with Crippen LogP contribution in [0.5, 0.6) is 0 Å². The lowest BCUT2D eigenvalue weighted by Crippen LogP contribution is -2.44. The van der Waals surface area contributed by atoms with Gasteiger partial charge in [-0.05, 0) is 22.6 Å². The molecule has 1 rings (SSSR count). The highest BCUT2D eigenvalue weighted by molar-refractivity contribution is 14.1. The lowest BCUT2D eigenvalue weighted by atomic mass is 10.4. The molecule has 72 valence electrons. The summed E-state index contributed by atoms with van der Waals surface area (Å²) in [5.41, 5.74) is 0.